The first-order valence-corrected chi connectivity index (χ1v) is 9.16. The molecule has 2 aromatic heterocycles. The Morgan fingerprint density at radius 2 is 2.15 bits per heavy atom. The van der Waals surface area contributed by atoms with Crippen molar-refractivity contribution < 1.29 is 14.3 Å². The number of benzene rings is 1. The zero-order valence-corrected chi connectivity index (χ0v) is 15.5. The van der Waals surface area contributed by atoms with Gasteiger partial charge in [-0.15, -0.1) is 0 Å². The van der Waals surface area contributed by atoms with Crippen LogP contribution in [0, 0.1) is 0 Å². The molecule has 0 fully saturated rings. The minimum atomic E-state index is -0.570. The monoisotopic (exact) mass is 393 g/mol. The standard InChI is InChI=1S/C17H16ClN3O4S/c1-2-24-8-7-14-20-21-15(22)9-11(19-17(21)26-14)10-25-16(23)12-5-3-4-6-13(12)18/h3-6,9H,2,7-8,10H2,1H3. The average molecular weight is 394 g/mol. The number of esters is 1. The molecule has 0 atom stereocenters. The Morgan fingerprint density at radius 3 is 2.92 bits per heavy atom. The summed E-state index contributed by atoms with van der Waals surface area (Å²) in [5, 5.41) is 5.30. The number of hydrogen-bond donors (Lipinski definition) is 0. The number of fused-ring (bicyclic) bond motifs is 1. The Bertz CT molecular complexity index is 986. The van der Waals surface area contributed by atoms with Gasteiger partial charge in [0.05, 0.1) is 22.9 Å². The second-order valence-electron chi connectivity index (χ2n) is 5.28. The maximum absolute atomic E-state index is 12.2. The van der Waals surface area contributed by atoms with Gasteiger partial charge in [0.25, 0.3) is 5.56 Å². The summed E-state index contributed by atoms with van der Waals surface area (Å²) in [4.78, 5) is 29.1. The Balaban J connectivity index is 1.73. The van der Waals surface area contributed by atoms with Gasteiger partial charge in [-0.3, -0.25) is 4.79 Å². The molecule has 0 aliphatic heterocycles. The predicted molar refractivity (Wildman–Crippen MR) is 97.9 cm³/mol. The van der Waals surface area contributed by atoms with Crippen LogP contribution in [0.25, 0.3) is 4.96 Å². The molecule has 0 spiro atoms. The molecule has 0 saturated heterocycles. The molecule has 3 aromatic rings. The number of ether oxygens (including phenoxy) is 2. The zero-order chi connectivity index (χ0) is 18.5. The lowest BCUT2D eigenvalue weighted by molar-refractivity contribution is 0.0468. The van der Waals surface area contributed by atoms with Crippen molar-refractivity contribution >= 4 is 33.9 Å². The van der Waals surface area contributed by atoms with Crippen LogP contribution in [0.2, 0.25) is 5.02 Å². The third-order valence-electron chi connectivity index (χ3n) is 3.45. The van der Waals surface area contributed by atoms with Gasteiger partial charge in [0.1, 0.15) is 11.6 Å². The summed E-state index contributed by atoms with van der Waals surface area (Å²) >= 11 is 7.28. The lowest BCUT2D eigenvalue weighted by Crippen LogP contribution is -2.17. The molecule has 9 heteroatoms. The van der Waals surface area contributed by atoms with Gasteiger partial charge in [0.2, 0.25) is 4.96 Å². The van der Waals surface area contributed by atoms with Crippen molar-refractivity contribution in [2.45, 2.75) is 20.0 Å². The van der Waals surface area contributed by atoms with E-state index in [1.807, 2.05) is 6.92 Å². The van der Waals surface area contributed by atoms with Crippen LogP contribution in [-0.2, 0) is 22.5 Å². The van der Waals surface area contributed by atoms with Gasteiger partial charge < -0.3 is 9.47 Å². The predicted octanol–water partition coefficient (Wildman–Crippen LogP) is 2.74. The minimum absolute atomic E-state index is 0.123. The second-order valence-corrected chi connectivity index (χ2v) is 6.73. The Kier molecular flexibility index (Phi) is 5.97. The average Bonchev–Trinajstić information content (AvgIpc) is 3.04. The third kappa shape index (κ3) is 4.27. The van der Waals surface area contributed by atoms with E-state index in [1.54, 1.807) is 24.3 Å². The molecule has 2 heterocycles. The van der Waals surface area contributed by atoms with Crippen molar-refractivity contribution in [3.63, 3.8) is 0 Å². The lowest BCUT2D eigenvalue weighted by Gasteiger charge is -2.05. The summed E-state index contributed by atoms with van der Waals surface area (Å²) in [7, 11) is 0. The fourth-order valence-electron chi connectivity index (χ4n) is 2.22. The number of nitrogens with zero attached hydrogens (tertiary/aromatic N) is 3. The van der Waals surface area contributed by atoms with Crippen LogP contribution in [0.15, 0.2) is 35.1 Å². The highest BCUT2D eigenvalue weighted by molar-refractivity contribution is 7.16. The SMILES string of the molecule is CCOCCc1nn2c(=O)cc(COC(=O)c3ccccc3Cl)nc2s1. The Hall–Kier alpha value is -2.29. The van der Waals surface area contributed by atoms with Crippen molar-refractivity contribution in [2.24, 2.45) is 0 Å². The van der Waals surface area contributed by atoms with Gasteiger partial charge >= 0.3 is 5.97 Å². The maximum Gasteiger partial charge on any atom is 0.340 e. The van der Waals surface area contributed by atoms with Crippen molar-refractivity contribution in [1.29, 1.82) is 0 Å². The lowest BCUT2D eigenvalue weighted by atomic mass is 10.2. The van der Waals surface area contributed by atoms with Crippen molar-refractivity contribution in [3.8, 4) is 0 Å². The van der Waals surface area contributed by atoms with E-state index < -0.39 is 5.97 Å². The van der Waals surface area contributed by atoms with Gasteiger partial charge in [-0.25, -0.2) is 9.78 Å². The molecule has 0 unspecified atom stereocenters. The third-order valence-corrected chi connectivity index (χ3v) is 4.75. The molecule has 26 heavy (non-hydrogen) atoms. The molecule has 0 radical (unpaired) electrons. The highest BCUT2D eigenvalue weighted by Crippen LogP contribution is 2.17. The first-order valence-electron chi connectivity index (χ1n) is 7.96. The smallest absolute Gasteiger partial charge is 0.340 e. The highest BCUT2D eigenvalue weighted by atomic mass is 35.5. The number of halogens is 1. The van der Waals surface area contributed by atoms with Crippen LogP contribution in [0.3, 0.4) is 0 Å². The number of rotatable bonds is 7. The summed E-state index contributed by atoms with van der Waals surface area (Å²) in [6.07, 6.45) is 0.609. The summed E-state index contributed by atoms with van der Waals surface area (Å²) in [6.45, 7) is 2.96. The summed E-state index contributed by atoms with van der Waals surface area (Å²) < 4.78 is 11.8. The van der Waals surface area contributed by atoms with E-state index in [9.17, 15) is 9.59 Å². The Labute approximate surface area is 158 Å². The summed E-state index contributed by atoms with van der Waals surface area (Å²) in [6, 6.07) is 7.90. The van der Waals surface area contributed by atoms with Crippen LogP contribution in [-0.4, -0.2) is 33.8 Å². The van der Waals surface area contributed by atoms with Crippen molar-refractivity contribution in [2.75, 3.05) is 13.2 Å². The van der Waals surface area contributed by atoms with Gasteiger partial charge in [0, 0.05) is 19.1 Å². The van der Waals surface area contributed by atoms with Crippen LogP contribution in [0.1, 0.15) is 28.0 Å². The Morgan fingerprint density at radius 1 is 1.35 bits per heavy atom. The summed E-state index contributed by atoms with van der Waals surface area (Å²) in [5.74, 6) is -0.570. The molecule has 7 nitrogen and oxygen atoms in total. The van der Waals surface area contributed by atoms with Crippen LogP contribution < -0.4 is 5.56 Å². The first-order chi connectivity index (χ1) is 12.6. The van der Waals surface area contributed by atoms with E-state index in [0.717, 1.165) is 5.01 Å². The molecule has 0 aliphatic rings. The van der Waals surface area contributed by atoms with Gasteiger partial charge in [-0.05, 0) is 19.1 Å². The maximum atomic E-state index is 12.2. The highest BCUT2D eigenvalue weighted by Gasteiger charge is 2.13. The van der Waals surface area contributed by atoms with Crippen LogP contribution in [0.5, 0.6) is 0 Å². The number of carbonyl (C=O) groups excluding carboxylic acids is 1. The molecule has 3 rings (SSSR count). The van der Waals surface area contributed by atoms with E-state index in [1.165, 1.54) is 21.9 Å². The molecule has 136 valence electrons. The molecule has 0 amide bonds. The fraction of sp³-hybridized carbons (Fsp3) is 0.294. The molecule has 0 N–H and O–H groups in total. The zero-order valence-electron chi connectivity index (χ0n) is 14.0. The first kappa shape index (κ1) is 18.5. The molecule has 0 aliphatic carbocycles. The molecule has 0 bridgehead atoms. The number of hydrogen-bond acceptors (Lipinski definition) is 7. The summed E-state index contributed by atoms with van der Waals surface area (Å²) in [5.41, 5.74) is 0.302. The van der Waals surface area contributed by atoms with E-state index >= 15 is 0 Å². The van der Waals surface area contributed by atoms with E-state index in [2.05, 4.69) is 10.1 Å². The van der Waals surface area contributed by atoms with Gasteiger partial charge in [-0.1, -0.05) is 35.1 Å². The van der Waals surface area contributed by atoms with Crippen LogP contribution in [0.4, 0.5) is 0 Å². The normalized spacial score (nSPS) is 11.0. The van der Waals surface area contributed by atoms with Crippen molar-refractivity contribution in [3.05, 3.63) is 62.0 Å². The van der Waals surface area contributed by atoms with Gasteiger partial charge in [0.15, 0.2) is 0 Å². The van der Waals surface area contributed by atoms with Crippen LogP contribution >= 0.6 is 22.9 Å². The van der Waals surface area contributed by atoms with E-state index in [0.29, 0.717) is 35.3 Å². The molecule has 0 saturated carbocycles. The molecular weight excluding hydrogens is 378 g/mol. The van der Waals surface area contributed by atoms with E-state index in [4.69, 9.17) is 21.1 Å². The quantitative estimate of drug-likeness (QED) is 0.453. The molecular formula is C17H16ClN3O4S. The number of aromatic nitrogens is 3. The van der Waals surface area contributed by atoms with E-state index in [-0.39, 0.29) is 17.7 Å². The van der Waals surface area contributed by atoms with Gasteiger partial charge in [-0.2, -0.15) is 9.61 Å². The fourth-order valence-corrected chi connectivity index (χ4v) is 3.33. The van der Waals surface area contributed by atoms with Crippen molar-refractivity contribution in [1.82, 2.24) is 14.6 Å². The second kappa shape index (κ2) is 8.39. The molecule has 1 aromatic carbocycles. The number of carbonyl (C=O) groups is 1. The largest absolute Gasteiger partial charge is 0.456 e. The topological polar surface area (TPSA) is 82.8 Å². The minimum Gasteiger partial charge on any atom is -0.456 e.